The van der Waals surface area contributed by atoms with Crippen LogP contribution in [0.2, 0.25) is 0 Å². The number of hydrogen-bond acceptors (Lipinski definition) is 4. The summed E-state index contributed by atoms with van der Waals surface area (Å²) in [5.41, 5.74) is 0.904. The molecule has 1 aliphatic heterocycles. The number of benzene rings is 1. The van der Waals surface area contributed by atoms with Crippen molar-refractivity contribution < 1.29 is 18.0 Å². The highest BCUT2D eigenvalue weighted by atomic mass is 32.2. The number of carbonyl (C=O) groups is 2. The van der Waals surface area contributed by atoms with Crippen LogP contribution in [0.4, 0.5) is 0 Å². The molecule has 1 atom stereocenters. The number of carbonyl (C=O) groups excluding carboxylic acids is 2. The van der Waals surface area contributed by atoms with Gasteiger partial charge < -0.3 is 9.80 Å². The van der Waals surface area contributed by atoms with Gasteiger partial charge in [-0.2, -0.15) is 0 Å². The van der Waals surface area contributed by atoms with E-state index in [1.807, 2.05) is 13.8 Å². The zero-order valence-corrected chi connectivity index (χ0v) is 16.6. The highest BCUT2D eigenvalue weighted by Gasteiger charge is 2.33. The van der Waals surface area contributed by atoms with Crippen LogP contribution in [0.1, 0.15) is 53.8 Å². The van der Waals surface area contributed by atoms with Crippen molar-refractivity contribution in [3.8, 4) is 0 Å². The summed E-state index contributed by atoms with van der Waals surface area (Å²) in [6.07, 6.45) is 2.22. The van der Waals surface area contributed by atoms with Crippen molar-refractivity contribution in [1.82, 2.24) is 9.80 Å². The highest BCUT2D eigenvalue weighted by Crippen LogP contribution is 2.19. The van der Waals surface area contributed by atoms with E-state index in [9.17, 15) is 18.0 Å². The summed E-state index contributed by atoms with van der Waals surface area (Å²) in [5, 5.41) is 0. The van der Waals surface area contributed by atoms with Crippen molar-refractivity contribution in [2.45, 2.75) is 39.2 Å². The monoisotopic (exact) mass is 380 g/mol. The fourth-order valence-corrected chi connectivity index (χ4v) is 5.05. The molecule has 6 nitrogen and oxygen atoms in total. The van der Waals surface area contributed by atoms with E-state index < -0.39 is 9.84 Å². The average molecular weight is 381 g/mol. The maximum absolute atomic E-state index is 12.7. The van der Waals surface area contributed by atoms with Crippen LogP contribution in [0.3, 0.4) is 0 Å². The molecule has 0 bridgehead atoms. The second-order valence-corrected chi connectivity index (χ2v) is 9.07. The van der Waals surface area contributed by atoms with Crippen LogP contribution in [-0.2, 0) is 9.84 Å². The van der Waals surface area contributed by atoms with Gasteiger partial charge in [-0.05, 0) is 37.5 Å². The fraction of sp³-hybridized carbons (Fsp3) is 0.579. The van der Waals surface area contributed by atoms with E-state index in [1.54, 1.807) is 36.2 Å². The molecule has 0 radical (unpaired) electrons. The molecule has 0 aliphatic carbocycles. The molecule has 1 aliphatic rings. The van der Waals surface area contributed by atoms with Gasteiger partial charge in [0, 0.05) is 37.3 Å². The molecule has 7 heteroatoms. The summed E-state index contributed by atoms with van der Waals surface area (Å²) in [6, 6.07) is 6.41. The van der Waals surface area contributed by atoms with Crippen LogP contribution in [-0.4, -0.2) is 67.7 Å². The third kappa shape index (κ3) is 4.84. The lowest BCUT2D eigenvalue weighted by Gasteiger charge is -2.24. The number of rotatable bonds is 7. The van der Waals surface area contributed by atoms with E-state index in [4.69, 9.17) is 0 Å². The van der Waals surface area contributed by atoms with E-state index in [-0.39, 0.29) is 29.4 Å². The van der Waals surface area contributed by atoms with Crippen molar-refractivity contribution in [3.05, 3.63) is 35.4 Å². The molecule has 0 saturated carbocycles. The summed E-state index contributed by atoms with van der Waals surface area (Å²) in [7, 11) is -1.43. The van der Waals surface area contributed by atoms with Gasteiger partial charge in [0.05, 0.1) is 11.5 Å². The van der Waals surface area contributed by atoms with Crippen LogP contribution < -0.4 is 0 Å². The third-order valence-corrected chi connectivity index (χ3v) is 6.46. The Morgan fingerprint density at radius 3 is 2.15 bits per heavy atom. The molecule has 1 aromatic rings. The summed E-state index contributed by atoms with van der Waals surface area (Å²) < 4.78 is 23.3. The van der Waals surface area contributed by atoms with Gasteiger partial charge in [0.15, 0.2) is 9.84 Å². The first-order valence-electron chi connectivity index (χ1n) is 9.16. The maximum atomic E-state index is 12.7. The smallest absolute Gasteiger partial charge is 0.253 e. The number of nitrogens with zero attached hydrogens (tertiary/aromatic N) is 2. The standard InChI is InChI=1S/C19H28N2O4S/c1-4-10-21(11-5-2)19(23)16-8-6-7-15(13-16)18(22)20(3)17-9-12-26(24,25)14-17/h6-8,13,17H,4-5,9-12,14H2,1-3H3. The zero-order valence-electron chi connectivity index (χ0n) is 15.8. The molecule has 0 N–H and O–H groups in total. The second-order valence-electron chi connectivity index (χ2n) is 6.85. The van der Waals surface area contributed by atoms with Gasteiger partial charge in [-0.3, -0.25) is 9.59 Å². The van der Waals surface area contributed by atoms with Gasteiger partial charge in [-0.1, -0.05) is 19.9 Å². The lowest BCUT2D eigenvalue weighted by Crippen LogP contribution is -2.38. The summed E-state index contributed by atoms with van der Waals surface area (Å²) in [6.45, 7) is 5.43. The topological polar surface area (TPSA) is 74.8 Å². The normalized spacial score (nSPS) is 18.5. The zero-order chi connectivity index (χ0) is 19.3. The quantitative estimate of drug-likeness (QED) is 0.727. The molecule has 2 rings (SSSR count). The molecular formula is C19H28N2O4S. The van der Waals surface area contributed by atoms with Crippen molar-refractivity contribution >= 4 is 21.7 Å². The van der Waals surface area contributed by atoms with Crippen molar-refractivity contribution in [1.29, 1.82) is 0 Å². The highest BCUT2D eigenvalue weighted by molar-refractivity contribution is 7.91. The van der Waals surface area contributed by atoms with E-state index in [0.29, 0.717) is 30.6 Å². The first-order chi connectivity index (χ1) is 12.3. The number of hydrogen-bond donors (Lipinski definition) is 0. The lowest BCUT2D eigenvalue weighted by molar-refractivity contribution is 0.0747. The Morgan fingerprint density at radius 1 is 1.08 bits per heavy atom. The van der Waals surface area contributed by atoms with Crippen LogP contribution in [0, 0.1) is 0 Å². The number of sulfone groups is 1. The van der Waals surface area contributed by atoms with Crippen LogP contribution in [0.25, 0.3) is 0 Å². The maximum Gasteiger partial charge on any atom is 0.253 e. The molecule has 0 spiro atoms. The molecule has 26 heavy (non-hydrogen) atoms. The molecule has 1 unspecified atom stereocenters. The molecule has 1 saturated heterocycles. The first-order valence-corrected chi connectivity index (χ1v) is 11.0. The summed E-state index contributed by atoms with van der Waals surface area (Å²) in [4.78, 5) is 28.8. The second kappa shape index (κ2) is 8.66. The first kappa shape index (κ1) is 20.4. The fourth-order valence-electron chi connectivity index (χ4n) is 3.27. The molecule has 1 aromatic carbocycles. The summed E-state index contributed by atoms with van der Waals surface area (Å²) in [5.74, 6) is -0.195. The Hall–Kier alpha value is -1.89. The van der Waals surface area contributed by atoms with Gasteiger partial charge in [-0.25, -0.2) is 8.42 Å². The Labute approximate surface area is 156 Å². The minimum Gasteiger partial charge on any atom is -0.339 e. The summed E-state index contributed by atoms with van der Waals surface area (Å²) >= 11 is 0. The van der Waals surface area contributed by atoms with Crippen molar-refractivity contribution in [3.63, 3.8) is 0 Å². The molecule has 2 amide bonds. The van der Waals surface area contributed by atoms with Gasteiger partial charge in [0.25, 0.3) is 11.8 Å². The Bertz CT molecular complexity index is 755. The van der Waals surface area contributed by atoms with Gasteiger partial charge in [0.2, 0.25) is 0 Å². The molecule has 144 valence electrons. The molecular weight excluding hydrogens is 352 g/mol. The largest absolute Gasteiger partial charge is 0.339 e. The predicted octanol–water partition coefficient (Wildman–Crippen LogP) is 2.21. The van der Waals surface area contributed by atoms with E-state index in [2.05, 4.69) is 0 Å². The average Bonchev–Trinajstić information content (AvgIpc) is 2.99. The lowest BCUT2D eigenvalue weighted by atomic mass is 10.1. The van der Waals surface area contributed by atoms with Crippen LogP contribution in [0.15, 0.2) is 24.3 Å². The van der Waals surface area contributed by atoms with Crippen LogP contribution >= 0.6 is 0 Å². The van der Waals surface area contributed by atoms with Gasteiger partial charge in [-0.15, -0.1) is 0 Å². The van der Waals surface area contributed by atoms with E-state index in [0.717, 1.165) is 12.8 Å². The Morgan fingerprint density at radius 2 is 1.65 bits per heavy atom. The third-order valence-electron chi connectivity index (χ3n) is 4.71. The predicted molar refractivity (Wildman–Crippen MR) is 102 cm³/mol. The van der Waals surface area contributed by atoms with E-state index in [1.165, 1.54) is 4.90 Å². The number of amides is 2. The van der Waals surface area contributed by atoms with Crippen molar-refractivity contribution in [2.24, 2.45) is 0 Å². The Kier molecular flexibility index (Phi) is 6.81. The minimum atomic E-state index is -3.06. The van der Waals surface area contributed by atoms with Crippen molar-refractivity contribution in [2.75, 3.05) is 31.6 Å². The van der Waals surface area contributed by atoms with E-state index >= 15 is 0 Å². The Balaban J connectivity index is 2.17. The van der Waals surface area contributed by atoms with Gasteiger partial charge >= 0.3 is 0 Å². The van der Waals surface area contributed by atoms with Gasteiger partial charge in [0.1, 0.15) is 0 Å². The van der Waals surface area contributed by atoms with Crippen LogP contribution in [0.5, 0.6) is 0 Å². The minimum absolute atomic E-state index is 0.00857. The SMILES string of the molecule is CCCN(CCC)C(=O)c1cccc(C(=O)N(C)C2CCS(=O)(=O)C2)c1. The molecule has 0 aromatic heterocycles. The molecule has 1 fully saturated rings. The molecule has 1 heterocycles.